The zero-order valence-corrected chi connectivity index (χ0v) is 15.9. The second-order valence-corrected chi connectivity index (χ2v) is 8.70. The number of nitrogens with zero attached hydrogens (tertiary/aromatic N) is 2. The van der Waals surface area contributed by atoms with Crippen molar-refractivity contribution in [2.24, 2.45) is 0 Å². The molecule has 0 radical (unpaired) electrons. The minimum Gasteiger partial charge on any atom is -0.336 e. The van der Waals surface area contributed by atoms with Gasteiger partial charge in [-0.3, -0.25) is 4.79 Å². The normalized spacial score (nSPS) is 16.4. The van der Waals surface area contributed by atoms with E-state index in [1.165, 1.54) is 9.87 Å². The van der Waals surface area contributed by atoms with Crippen LogP contribution in [0.5, 0.6) is 0 Å². The summed E-state index contributed by atoms with van der Waals surface area (Å²) in [5, 5.41) is 0. The zero-order chi connectivity index (χ0) is 17.9. The molecule has 1 aliphatic rings. The van der Waals surface area contributed by atoms with Crippen LogP contribution < -0.4 is 0 Å². The van der Waals surface area contributed by atoms with E-state index >= 15 is 0 Å². The van der Waals surface area contributed by atoms with Crippen molar-refractivity contribution in [3.8, 4) is 0 Å². The molecule has 1 heterocycles. The molecule has 1 aromatic carbocycles. The van der Waals surface area contributed by atoms with E-state index in [-0.39, 0.29) is 11.7 Å². The molecular formula is C18H28N2O3S. The van der Waals surface area contributed by atoms with Crippen molar-refractivity contribution in [3.05, 3.63) is 34.4 Å². The molecule has 24 heavy (non-hydrogen) atoms. The molecule has 1 fully saturated rings. The van der Waals surface area contributed by atoms with Gasteiger partial charge in [-0.1, -0.05) is 19.4 Å². The number of aryl methyl sites for hydroxylation is 3. The molecule has 1 amide bonds. The molecule has 134 valence electrons. The van der Waals surface area contributed by atoms with Crippen molar-refractivity contribution in [1.82, 2.24) is 9.21 Å². The smallest absolute Gasteiger partial charge is 0.254 e. The maximum Gasteiger partial charge on any atom is 0.254 e. The minimum atomic E-state index is -3.18. The van der Waals surface area contributed by atoms with E-state index < -0.39 is 10.0 Å². The maximum absolute atomic E-state index is 12.8. The second-order valence-electron chi connectivity index (χ2n) is 6.61. The van der Waals surface area contributed by atoms with Crippen molar-refractivity contribution in [1.29, 1.82) is 0 Å². The minimum absolute atomic E-state index is 0.00112. The highest BCUT2D eigenvalue weighted by atomic mass is 32.2. The fraction of sp³-hybridized carbons (Fsp3) is 0.611. The molecule has 2 rings (SSSR count). The van der Waals surface area contributed by atoms with Gasteiger partial charge in [0, 0.05) is 31.7 Å². The molecular weight excluding hydrogens is 324 g/mol. The van der Waals surface area contributed by atoms with E-state index in [9.17, 15) is 13.2 Å². The van der Waals surface area contributed by atoms with Crippen LogP contribution in [0.25, 0.3) is 0 Å². The summed E-state index contributed by atoms with van der Waals surface area (Å²) in [4.78, 5) is 14.5. The third kappa shape index (κ3) is 4.16. The van der Waals surface area contributed by atoms with E-state index in [1.807, 2.05) is 39.8 Å². The molecule has 0 atom stereocenters. The van der Waals surface area contributed by atoms with Gasteiger partial charge in [0.1, 0.15) is 0 Å². The molecule has 0 spiro atoms. The number of benzene rings is 1. The standard InChI is InChI=1S/C18H28N2O3S/c1-5-6-11-24(22,23)20-9-7-19(8-10-20)18(21)17-13-15(3)14(2)12-16(17)4/h12-13H,5-11H2,1-4H3. The number of amides is 1. The third-order valence-corrected chi connectivity index (χ3v) is 6.70. The Bertz CT molecular complexity index is 705. The van der Waals surface area contributed by atoms with Crippen LogP contribution in [0.1, 0.15) is 46.8 Å². The number of unbranched alkanes of at least 4 members (excludes halogenated alkanes) is 1. The number of piperazine rings is 1. The predicted octanol–water partition coefficient (Wildman–Crippen LogP) is 2.50. The number of carbonyl (C=O) groups excluding carboxylic acids is 1. The summed E-state index contributed by atoms with van der Waals surface area (Å²) in [5.41, 5.74) is 3.97. The van der Waals surface area contributed by atoms with Gasteiger partial charge in [-0.25, -0.2) is 8.42 Å². The number of hydrogen-bond donors (Lipinski definition) is 0. The molecule has 1 aliphatic heterocycles. The summed E-state index contributed by atoms with van der Waals surface area (Å²) in [6.07, 6.45) is 1.55. The van der Waals surface area contributed by atoms with Crippen LogP contribution in [0.4, 0.5) is 0 Å². The Labute approximate surface area is 145 Å². The molecule has 0 aliphatic carbocycles. The summed E-state index contributed by atoms with van der Waals surface area (Å²) < 4.78 is 26.0. The Hall–Kier alpha value is -1.40. The van der Waals surface area contributed by atoms with Gasteiger partial charge in [0.15, 0.2) is 0 Å². The summed E-state index contributed by atoms with van der Waals surface area (Å²) >= 11 is 0. The fourth-order valence-electron chi connectivity index (χ4n) is 2.99. The lowest BCUT2D eigenvalue weighted by Gasteiger charge is -2.34. The molecule has 0 N–H and O–H groups in total. The van der Waals surface area contributed by atoms with Crippen molar-refractivity contribution in [2.45, 2.75) is 40.5 Å². The summed E-state index contributed by atoms with van der Waals surface area (Å²) in [5.74, 6) is 0.203. The van der Waals surface area contributed by atoms with Gasteiger partial charge in [-0.15, -0.1) is 0 Å². The monoisotopic (exact) mass is 352 g/mol. The number of carbonyl (C=O) groups is 1. The molecule has 1 aromatic rings. The first-order valence-corrected chi connectivity index (χ1v) is 10.2. The van der Waals surface area contributed by atoms with Gasteiger partial charge in [0.2, 0.25) is 10.0 Å². The fourth-order valence-corrected chi connectivity index (χ4v) is 4.62. The summed E-state index contributed by atoms with van der Waals surface area (Å²) in [6, 6.07) is 3.98. The summed E-state index contributed by atoms with van der Waals surface area (Å²) in [7, 11) is -3.18. The summed E-state index contributed by atoms with van der Waals surface area (Å²) in [6.45, 7) is 9.67. The second kappa shape index (κ2) is 7.66. The molecule has 0 bridgehead atoms. The van der Waals surface area contributed by atoms with Crippen LogP contribution in [0, 0.1) is 20.8 Å². The van der Waals surface area contributed by atoms with E-state index in [1.54, 1.807) is 4.90 Å². The Morgan fingerprint density at radius 3 is 2.17 bits per heavy atom. The van der Waals surface area contributed by atoms with Gasteiger partial charge in [0.25, 0.3) is 5.91 Å². The lowest BCUT2D eigenvalue weighted by atomic mass is 10.00. The van der Waals surface area contributed by atoms with Gasteiger partial charge >= 0.3 is 0 Å². The van der Waals surface area contributed by atoms with E-state index in [4.69, 9.17) is 0 Å². The van der Waals surface area contributed by atoms with Crippen LogP contribution in [-0.4, -0.2) is 55.5 Å². The SMILES string of the molecule is CCCCS(=O)(=O)N1CCN(C(=O)c2cc(C)c(C)cc2C)CC1. The van der Waals surface area contributed by atoms with Gasteiger partial charge < -0.3 is 4.90 Å². The first kappa shape index (κ1) is 18.9. The number of rotatable bonds is 5. The Morgan fingerprint density at radius 1 is 1.00 bits per heavy atom. The molecule has 5 nitrogen and oxygen atoms in total. The van der Waals surface area contributed by atoms with E-state index in [0.717, 1.165) is 23.1 Å². The van der Waals surface area contributed by atoms with Crippen LogP contribution in [0.3, 0.4) is 0 Å². The van der Waals surface area contributed by atoms with Crippen molar-refractivity contribution in [3.63, 3.8) is 0 Å². The van der Waals surface area contributed by atoms with E-state index in [2.05, 4.69) is 0 Å². The molecule has 0 saturated carbocycles. The first-order valence-electron chi connectivity index (χ1n) is 8.61. The topological polar surface area (TPSA) is 57.7 Å². The van der Waals surface area contributed by atoms with Crippen LogP contribution in [0.2, 0.25) is 0 Å². The van der Waals surface area contributed by atoms with Gasteiger partial charge in [-0.05, 0) is 49.9 Å². The van der Waals surface area contributed by atoms with E-state index in [0.29, 0.717) is 32.6 Å². The first-order chi connectivity index (χ1) is 11.3. The largest absolute Gasteiger partial charge is 0.336 e. The van der Waals surface area contributed by atoms with Gasteiger partial charge in [0.05, 0.1) is 5.75 Å². The Kier molecular flexibility index (Phi) is 6.04. The predicted molar refractivity (Wildman–Crippen MR) is 96.8 cm³/mol. The average Bonchev–Trinajstić information content (AvgIpc) is 2.56. The molecule has 6 heteroatoms. The maximum atomic E-state index is 12.8. The van der Waals surface area contributed by atoms with Crippen molar-refractivity contribution < 1.29 is 13.2 Å². The highest BCUT2D eigenvalue weighted by molar-refractivity contribution is 7.89. The zero-order valence-electron chi connectivity index (χ0n) is 15.1. The van der Waals surface area contributed by atoms with Gasteiger partial charge in [-0.2, -0.15) is 4.31 Å². The van der Waals surface area contributed by atoms with Crippen LogP contribution >= 0.6 is 0 Å². The lowest BCUT2D eigenvalue weighted by molar-refractivity contribution is 0.0697. The highest BCUT2D eigenvalue weighted by Crippen LogP contribution is 2.19. The Balaban J connectivity index is 2.05. The highest BCUT2D eigenvalue weighted by Gasteiger charge is 2.29. The number of hydrogen-bond acceptors (Lipinski definition) is 3. The Morgan fingerprint density at radius 2 is 1.58 bits per heavy atom. The lowest BCUT2D eigenvalue weighted by Crippen LogP contribution is -2.51. The van der Waals surface area contributed by atoms with Crippen molar-refractivity contribution in [2.75, 3.05) is 31.9 Å². The van der Waals surface area contributed by atoms with Crippen LogP contribution in [0.15, 0.2) is 12.1 Å². The van der Waals surface area contributed by atoms with Crippen LogP contribution in [-0.2, 0) is 10.0 Å². The number of sulfonamides is 1. The molecule has 0 unspecified atom stereocenters. The van der Waals surface area contributed by atoms with Crippen molar-refractivity contribution >= 4 is 15.9 Å². The quantitative estimate of drug-likeness (QED) is 0.818. The molecule has 1 saturated heterocycles. The molecule has 0 aromatic heterocycles. The average molecular weight is 353 g/mol. The third-order valence-electron chi connectivity index (χ3n) is 4.75.